The van der Waals surface area contributed by atoms with Crippen LogP contribution in [-0.4, -0.2) is 28.6 Å². The quantitative estimate of drug-likeness (QED) is 0.0439. The van der Waals surface area contributed by atoms with Crippen LogP contribution < -0.4 is 0 Å². The molecule has 3 rings (SSSR count). The van der Waals surface area contributed by atoms with Crippen LogP contribution >= 0.6 is 0 Å². The molecule has 0 aliphatic heterocycles. The van der Waals surface area contributed by atoms with Crippen molar-refractivity contribution in [2.45, 2.75) is 193 Å². The van der Waals surface area contributed by atoms with Gasteiger partial charge in [-0.2, -0.15) is 0 Å². The van der Waals surface area contributed by atoms with Gasteiger partial charge in [-0.1, -0.05) is 168 Å². The fourth-order valence-electron chi connectivity index (χ4n) is 8.32. The van der Waals surface area contributed by atoms with Crippen LogP contribution in [0.1, 0.15) is 188 Å². The molecule has 0 saturated heterocycles. The molecule has 2 bridgehead atoms. The summed E-state index contributed by atoms with van der Waals surface area (Å²) in [6, 6.07) is 0. The lowest BCUT2D eigenvalue weighted by Gasteiger charge is -2.51. The normalized spacial score (nSPS) is 24.1. The zero-order valence-electron chi connectivity index (χ0n) is 29.3. The molecule has 0 aromatic carbocycles. The fraction of sp³-hybridized carbons (Fsp3) is 0.949. The molecule has 0 aromatic rings. The molecule has 0 radical (unpaired) electrons. The minimum atomic E-state index is -2.73. The second-order valence-corrected chi connectivity index (χ2v) is 17.4. The molecule has 0 heterocycles. The summed E-state index contributed by atoms with van der Waals surface area (Å²) in [7, 11) is -2.73. The molecule has 2 saturated carbocycles. The molecule has 0 spiro atoms. The third kappa shape index (κ3) is 13.2. The van der Waals surface area contributed by atoms with E-state index in [1.165, 1.54) is 148 Å². The van der Waals surface area contributed by atoms with Crippen molar-refractivity contribution in [3.8, 4) is 0 Å². The van der Waals surface area contributed by atoms with Crippen LogP contribution in [0.3, 0.4) is 0 Å². The van der Waals surface area contributed by atoms with Gasteiger partial charge in [0.05, 0.1) is 0 Å². The molecule has 3 nitrogen and oxygen atoms in total. The smallest absolute Gasteiger partial charge is 0.373 e. The lowest BCUT2D eigenvalue weighted by Crippen LogP contribution is -2.59. The molecule has 5 atom stereocenters. The van der Waals surface area contributed by atoms with Crippen LogP contribution in [0.5, 0.6) is 0 Å². The van der Waals surface area contributed by atoms with E-state index in [1.807, 2.05) is 0 Å². The number of unbranched alkanes of at least 4 members (excludes halogenated alkanes) is 21. The molecular weight excluding hydrogens is 545 g/mol. The third-order valence-electron chi connectivity index (χ3n) is 11.0. The average molecular weight is 619 g/mol. The van der Waals surface area contributed by atoms with Crippen molar-refractivity contribution < 1.29 is 13.3 Å². The van der Waals surface area contributed by atoms with Crippen LogP contribution in [0.25, 0.3) is 0 Å². The Labute approximate surface area is 270 Å². The van der Waals surface area contributed by atoms with Gasteiger partial charge in [-0.3, -0.25) is 0 Å². The van der Waals surface area contributed by atoms with Crippen LogP contribution in [-0.2, 0) is 13.3 Å². The van der Waals surface area contributed by atoms with Gasteiger partial charge in [0.2, 0.25) is 0 Å². The number of allylic oxidation sites excluding steroid dienone is 2. The Balaban J connectivity index is 1.50. The molecule has 0 N–H and O–H groups in total. The predicted octanol–water partition coefficient (Wildman–Crippen LogP) is 12.6. The Bertz CT molecular complexity index is 641. The lowest BCUT2D eigenvalue weighted by molar-refractivity contribution is 0.00540. The SMILES string of the molecule is CCCCCCCCCCO[Si](OCCCCCCCCCC)(OCCCCCCCCCC)C1CC2C3C=CC(C3)C21. The Morgan fingerprint density at radius 1 is 0.442 bits per heavy atom. The van der Waals surface area contributed by atoms with E-state index < -0.39 is 8.80 Å². The van der Waals surface area contributed by atoms with Gasteiger partial charge >= 0.3 is 8.80 Å². The van der Waals surface area contributed by atoms with E-state index in [4.69, 9.17) is 13.3 Å². The maximum absolute atomic E-state index is 7.01. The summed E-state index contributed by atoms with van der Waals surface area (Å²) >= 11 is 0. The number of fused-ring (bicyclic) bond motifs is 5. The van der Waals surface area contributed by atoms with Gasteiger partial charge in [0, 0.05) is 25.4 Å². The van der Waals surface area contributed by atoms with E-state index in [2.05, 4.69) is 32.9 Å². The summed E-state index contributed by atoms with van der Waals surface area (Å²) in [6.45, 7) is 9.43. The summed E-state index contributed by atoms with van der Waals surface area (Å²) in [6.07, 6.45) is 39.9. The minimum Gasteiger partial charge on any atom is -0.373 e. The number of rotatable bonds is 31. The van der Waals surface area contributed by atoms with E-state index in [0.29, 0.717) is 5.54 Å². The maximum Gasteiger partial charge on any atom is 0.504 e. The Hall–Kier alpha value is -0.163. The van der Waals surface area contributed by atoms with Crippen LogP contribution in [0, 0.1) is 23.7 Å². The first-order chi connectivity index (χ1) is 21.3. The van der Waals surface area contributed by atoms with E-state index in [1.54, 1.807) is 0 Å². The highest BCUT2D eigenvalue weighted by Crippen LogP contribution is 2.66. The van der Waals surface area contributed by atoms with Gasteiger partial charge in [0.25, 0.3) is 0 Å². The molecule has 2 fully saturated rings. The zero-order chi connectivity index (χ0) is 30.4. The highest BCUT2D eigenvalue weighted by atomic mass is 28.4. The van der Waals surface area contributed by atoms with Crippen molar-refractivity contribution in [1.82, 2.24) is 0 Å². The van der Waals surface area contributed by atoms with Crippen LogP contribution in [0.4, 0.5) is 0 Å². The third-order valence-corrected chi connectivity index (χ3v) is 14.4. The van der Waals surface area contributed by atoms with Gasteiger partial charge < -0.3 is 13.3 Å². The first-order valence-corrected chi connectivity index (χ1v) is 21.7. The predicted molar refractivity (Wildman–Crippen MR) is 188 cm³/mol. The highest BCUT2D eigenvalue weighted by Gasteiger charge is 2.66. The lowest BCUT2D eigenvalue weighted by atomic mass is 9.67. The summed E-state index contributed by atoms with van der Waals surface area (Å²) in [5.41, 5.74) is 0.537. The van der Waals surface area contributed by atoms with Gasteiger partial charge in [-0.25, -0.2) is 0 Å². The highest BCUT2D eigenvalue weighted by molar-refractivity contribution is 6.62. The molecule has 4 heteroatoms. The van der Waals surface area contributed by atoms with Crippen molar-refractivity contribution in [1.29, 1.82) is 0 Å². The summed E-state index contributed by atoms with van der Waals surface area (Å²) in [4.78, 5) is 0. The molecule has 3 aliphatic rings. The van der Waals surface area contributed by atoms with Crippen molar-refractivity contribution >= 4 is 8.80 Å². The topological polar surface area (TPSA) is 27.7 Å². The summed E-state index contributed by atoms with van der Waals surface area (Å²) < 4.78 is 21.0. The van der Waals surface area contributed by atoms with Crippen LogP contribution in [0.2, 0.25) is 5.54 Å². The average Bonchev–Trinajstić information content (AvgIpc) is 3.56. The van der Waals surface area contributed by atoms with E-state index in [-0.39, 0.29) is 0 Å². The van der Waals surface area contributed by atoms with Crippen molar-refractivity contribution in [2.75, 3.05) is 19.8 Å². The maximum atomic E-state index is 7.01. The molecule has 43 heavy (non-hydrogen) atoms. The molecule has 0 amide bonds. The first-order valence-electron chi connectivity index (χ1n) is 19.9. The Morgan fingerprint density at radius 3 is 1.16 bits per heavy atom. The van der Waals surface area contributed by atoms with Gasteiger partial charge in [0.15, 0.2) is 0 Å². The van der Waals surface area contributed by atoms with E-state index in [0.717, 1.165) is 62.8 Å². The standard InChI is InChI=1S/C39H74O3Si/c1-4-7-10-13-16-19-22-25-30-40-43(41-31-26-23-20-17-14-11-8-5-2,42-32-27-24-21-18-15-12-9-6-3)38-34-37-35-28-29-36(33-35)39(37)38/h28-29,35-39H,4-27,30-34H2,1-3H3. The number of hydrogen-bond acceptors (Lipinski definition) is 3. The van der Waals surface area contributed by atoms with Crippen molar-refractivity contribution in [2.24, 2.45) is 23.7 Å². The molecule has 252 valence electrons. The summed E-state index contributed by atoms with van der Waals surface area (Å²) in [5.74, 6) is 3.21. The molecule has 5 unspecified atom stereocenters. The Morgan fingerprint density at radius 2 is 0.791 bits per heavy atom. The van der Waals surface area contributed by atoms with E-state index in [9.17, 15) is 0 Å². The molecule has 0 aromatic heterocycles. The fourth-order valence-corrected chi connectivity index (χ4v) is 12.0. The number of hydrogen-bond donors (Lipinski definition) is 0. The minimum absolute atomic E-state index is 0.537. The second-order valence-electron chi connectivity index (χ2n) is 14.6. The van der Waals surface area contributed by atoms with Crippen molar-refractivity contribution in [3.63, 3.8) is 0 Å². The van der Waals surface area contributed by atoms with Crippen LogP contribution in [0.15, 0.2) is 12.2 Å². The summed E-state index contributed by atoms with van der Waals surface area (Å²) in [5, 5.41) is 0. The van der Waals surface area contributed by atoms with Gasteiger partial charge in [0.1, 0.15) is 0 Å². The van der Waals surface area contributed by atoms with Gasteiger partial charge in [-0.15, -0.1) is 0 Å². The monoisotopic (exact) mass is 619 g/mol. The van der Waals surface area contributed by atoms with E-state index >= 15 is 0 Å². The van der Waals surface area contributed by atoms with Crippen molar-refractivity contribution in [3.05, 3.63) is 12.2 Å². The Kier molecular flexibility index (Phi) is 20.1. The second kappa shape index (κ2) is 23.2. The van der Waals surface area contributed by atoms with Gasteiger partial charge in [-0.05, 0) is 55.8 Å². The molecular formula is C39H74O3Si. The zero-order valence-corrected chi connectivity index (χ0v) is 30.3. The molecule has 3 aliphatic carbocycles. The largest absolute Gasteiger partial charge is 0.504 e. The first kappa shape index (κ1) is 37.3.